The van der Waals surface area contributed by atoms with Gasteiger partial charge in [-0.1, -0.05) is 60.1 Å². The van der Waals surface area contributed by atoms with E-state index in [4.69, 9.17) is 11.6 Å². The van der Waals surface area contributed by atoms with Crippen LogP contribution in [0.3, 0.4) is 0 Å². The van der Waals surface area contributed by atoms with E-state index >= 15 is 0 Å². The van der Waals surface area contributed by atoms with Gasteiger partial charge in [0.2, 0.25) is 5.91 Å². The van der Waals surface area contributed by atoms with E-state index in [2.05, 4.69) is 0 Å². The first kappa shape index (κ1) is 18.7. The molecule has 0 aromatic heterocycles. The molecule has 2 aromatic rings. The van der Waals surface area contributed by atoms with Crippen LogP contribution in [-0.4, -0.2) is 38.1 Å². The Bertz CT molecular complexity index is 910. The Kier molecular flexibility index (Phi) is 5.79. The third-order valence-electron chi connectivity index (χ3n) is 4.53. The Labute approximate surface area is 159 Å². The van der Waals surface area contributed by atoms with Crippen molar-refractivity contribution in [1.29, 1.82) is 0 Å². The maximum Gasteiger partial charge on any atom is 0.246 e. The maximum atomic E-state index is 12.6. The van der Waals surface area contributed by atoms with Gasteiger partial charge in [-0.25, -0.2) is 8.42 Å². The molecule has 2 aromatic carbocycles. The van der Waals surface area contributed by atoms with E-state index in [1.54, 1.807) is 17.0 Å². The average molecular weight is 390 g/mol. The lowest BCUT2D eigenvalue weighted by atomic mass is 10.1. The molecule has 0 N–H and O–H groups in total. The summed E-state index contributed by atoms with van der Waals surface area (Å²) in [6.07, 6.45) is 3.52. The minimum absolute atomic E-state index is 0.0295. The first-order valence-electron chi connectivity index (χ1n) is 8.45. The molecular weight excluding hydrogens is 370 g/mol. The Morgan fingerprint density at radius 1 is 1.04 bits per heavy atom. The fraction of sp³-hybridized carbons (Fsp3) is 0.250. The summed E-state index contributed by atoms with van der Waals surface area (Å²) in [7, 11) is -3.29. The summed E-state index contributed by atoms with van der Waals surface area (Å²) in [5, 5.41) is 0.00758. The van der Waals surface area contributed by atoms with Crippen molar-refractivity contribution >= 4 is 33.4 Å². The predicted molar refractivity (Wildman–Crippen MR) is 105 cm³/mol. The number of rotatable bonds is 3. The summed E-state index contributed by atoms with van der Waals surface area (Å²) < 4.78 is 25.2. The lowest BCUT2D eigenvalue weighted by Crippen LogP contribution is -2.32. The highest BCUT2D eigenvalue weighted by Crippen LogP contribution is 2.29. The normalized spacial score (nSPS) is 20.0. The molecule has 1 unspecified atom stereocenters. The van der Waals surface area contributed by atoms with Crippen LogP contribution >= 0.6 is 11.6 Å². The Morgan fingerprint density at radius 3 is 2.46 bits per heavy atom. The summed E-state index contributed by atoms with van der Waals surface area (Å²) in [6, 6.07) is 16.5. The van der Waals surface area contributed by atoms with Gasteiger partial charge in [-0.05, 0) is 29.7 Å². The summed E-state index contributed by atoms with van der Waals surface area (Å²) >= 11 is 6.09. The van der Waals surface area contributed by atoms with E-state index in [0.717, 1.165) is 11.1 Å². The van der Waals surface area contributed by atoms with Crippen molar-refractivity contribution in [2.24, 2.45) is 0 Å². The molecule has 1 aliphatic rings. The molecule has 0 saturated carbocycles. The molecular formula is C20H20ClNO3S. The van der Waals surface area contributed by atoms with Crippen molar-refractivity contribution in [1.82, 2.24) is 4.90 Å². The van der Waals surface area contributed by atoms with Gasteiger partial charge in [-0.3, -0.25) is 4.79 Å². The van der Waals surface area contributed by atoms with Crippen LogP contribution in [0.25, 0.3) is 6.08 Å². The van der Waals surface area contributed by atoms with E-state index in [9.17, 15) is 13.2 Å². The van der Waals surface area contributed by atoms with E-state index in [1.807, 2.05) is 48.5 Å². The van der Waals surface area contributed by atoms with Gasteiger partial charge in [0.1, 0.15) is 0 Å². The van der Waals surface area contributed by atoms with Crippen LogP contribution in [0.15, 0.2) is 60.7 Å². The van der Waals surface area contributed by atoms with Gasteiger partial charge in [0.05, 0.1) is 11.0 Å². The van der Waals surface area contributed by atoms with Gasteiger partial charge in [-0.15, -0.1) is 0 Å². The van der Waals surface area contributed by atoms with Crippen LogP contribution in [-0.2, 0) is 14.6 Å². The maximum absolute atomic E-state index is 12.6. The molecule has 26 heavy (non-hydrogen) atoms. The number of sulfone groups is 1. The largest absolute Gasteiger partial charge is 0.338 e. The molecule has 1 fully saturated rings. The fourth-order valence-electron chi connectivity index (χ4n) is 3.08. The molecule has 3 rings (SSSR count). The zero-order chi connectivity index (χ0) is 18.6. The van der Waals surface area contributed by atoms with Crippen molar-refractivity contribution in [2.75, 3.05) is 18.8 Å². The van der Waals surface area contributed by atoms with Crippen LogP contribution in [0.4, 0.5) is 0 Å². The Hall–Kier alpha value is -2.11. The number of carbonyl (C=O) groups excluding carboxylic acids is 1. The molecule has 6 heteroatoms. The number of benzene rings is 2. The van der Waals surface area contributed by atoms with Crippen molar-refractivity contribution in [3.8, 4) is 0 Å². The third kappa shape index (κ3) is 4.34. The SMILES string of the molecule is O=C(/C=C/c1ccccc1Cl)N1CCC(c2ccccc2)S(=O)(=O)CC1. The van der Waals surface area contributed by atoms with E-state index in [-0.39, 0.29) is 18.2 Å². The summed E-state index contributed by atoms with van der Waals surface area (Å²) in [6.45, 7) is 0.613. The molecule has 1 aliphatic heterocycles. The predicted octanol–water partition coefficient (Wildman–Crippen LogP) is 3.74. The second kappa shape index (κ2) is 8.06. The van der Waals surface area contributed by atoms with Crippen molar-refractivity contribution < 1.29 is 13.2 Å². The monoisotopic (exact) mass is 389 g/mol. The number of hydrogen-bond donors (Lipinski definition) is 0. The highest BCUT2D eigenvalue weighted by atomic mass is 35.5. The molecule has 0 spiro atoms. The summed E-state index contributed by atoms with van der Waals surface area (Å²) in [4.78, 5) is 14.1. The van der Waals surface area contributed by atoms with E-state index < -0.39 is 15.1 Å². The van der Waals surface area contributed by atoms with Gasteiger partial charge in [0.15, 0.2) is 9.84 Å². The van der Waals surface area contributed by atoms with E-state index in [1.165, 1.54) is 6.08 Å². The first-order valence-corrected chi connectivity index (χ1v) is 10.5. The molecule has 1 heterocycles. The molecule has 0 aliphatic carbocycles. The number of carbonyl (C=O) groups is 1. The van der Waals surface area contributed by atoms with Crippen LogP contribution in [0.2, 0.25) is 5.02 Å². The molecule has 1 saturated heterocycles. The quantitative estimate of drug-likeness (QED) is 0.751. The van der Waals surface area contributed by atoms with Gasteiger partial charge in [0.25, 0.3) is 0 Å². The van der Waals surface area contributed by atoms with Gasteiger partial charge < -0.3 is 4.90 Å². The smallest absolute Gasteiger partial charge is 0.246 e. The van der Waals surface area contributed by atoms with Crippen LogP contribution in [0, 0.1) is 0 Å². The van der Waals surface area contributed by atoms with Crippen molar-refractivity contribution in [3.05, 3.63) is 76.8 Å². The Balaban J connectivity index is 1.73. The van der Waals surface area contributed by atoms with Crippen LogP contribution in [0.5, 0.6) is 0 Å². The number of amides is 1. The molecule has 1 atom stereocenters. The topological polar surface area (TPSA) is 54.5 Å². The summed E-state index contributed by atoms with van der Waals surface area (Å²) in [5.74, 6) is -0.230. The zero-order valence-electron chi connectivity index (χ0n) is 14.2. The molecule has 0 bridgehead atoms. The minimum Gasteiger partial charge on any atom is -0.338 e. The van der Waals surface area contributed by atoms with Crippen LogP contribution in [0.1, 0.15) is 22.8 Å². The third-order valence-corrected chi connectivity index (χ3v) is 7.00. The zero-order valence-corrected chi connectivity index (χ0v) is 15.8. The number of halogens is 1. The molecule has 136 valence electrons. The highest BCUT2D eigenvalue weighted by Gasteiger charge is 2.32. The Morgan fingerprint density at radius 2 is 1.73 bits per heavy atom. The highest BCUT2D eigenvalue weighted by molar-refractivity contribution is 7.91. The van der Waals surface area contributed by atoms with Crippen molar-refractivity contribution in [3.63, 3.8) is 0 Å². The van der Waals surface area contributed by atoms with Gasteiger partial charge >= 0.3 is 0 Å². The minimum atomic E-state index is -3.29. The van der Waals surface area contributed by atoms with Gasteiger partial charge in [0, 0.05) is 24.2 Å². The summed E-state index contributed by atoms with van der Waals surface area (Å²) in [5.41, 5.74) is 1.54. The standard InChI is InChI=1S/C20H20ClNO3S/c21-18-9-5-4-6-16(18)10-11-20(23)22-13-12-19(26(24,25)15-14-22)17-7-2-1-3-8-17/h1-11,19H,12-15H2/b11-10+. The second-order valence-corrected chi connectivity index (χ2v) is 8.95. The molecule has 1 amide bonds. The number of hydrogen-bond acceptors (Lipinski definition) is 3. The first-order chi connectivity index (χ1) is 12.5. The van der Waals surface area contributed by atoms with E-state index in [0.29, 0.717) is 18.0 Å². The lowest BCUT2D eigenvalue weighted by Gasteiger charge is -2.18. The lowest BCUT2D eigenvalue weighted by molar-refractivity contribution is -0.125. The fourth-order valence-corrected chi connectivity index (χ4v) is 5.08. The average Bonchev–Trinajstić information content (AvgIpc) is 2.79. The van der Waals surface area contributed by atoms with Gasteiger partial charge in [-0.2, -0.15) is 0 Å². The van der Waals surface area contributed by atoms with Crippen molar-refractivity contribution in [2.45, 2.75) is 11.7 Å². The molecule has 4 nitrogen and oxygen atoms in total. The van der Waals surface area contributed by atoms with Crippen LogP contribution < -0.4 is 0 Å². The number of nitrogens with zero attached hydrogens (tertiary/aromatic N) is 1. The second-order valence-electron chi connectivity index (χ2n) is 6.24. The molecule has 0 radical (unpaired) electrons.